The molecule has 0 aliphatic rings. The van der Waals surface area contributed by atoms with E-state index in [-0.39, 0.29) is 17.9 Å². The molecule has 0 aliphatic heterocycles. The molecule has 2 aromatic heterocycles. The molecule has 0 radical (unpaired) electrons. The van der Waals surface area contributed by atoms with Crippen molar-refractivity contribution in [3.05, 3.63) is 34.3 Å². The molecule has 0 saturated heterocycles. The molecule has 1 amide bonds. The van der Waals surface area contributed by atoms with E-state index in [9.17, 15) is 4.79 Å². The van der Waals surface area contributed by atoms with Crippen molar-refractivity contribution >= 4 is 17.2 Å². The number of aromatic nitrogens is 3. The summed E-state index contributed by atoms with van der Waals surface area (Å²) in [7, 11) is 1.93. The number of thiazole rings is 1. The molecule has 1 N–H and O–H groups in total. The van der Waals surface area contributed by atoms with Gasteiger partial charge in [-0.25, -0.2) is 9.97 Å². The Morgan fingerprint density at radius 1 is 1.33 bits per heavy atom. The number of carbonyl (C=O) groups excluding carboxylic acids is 1. The first-order valence-corrected chi connectivity index (χ1v) is 8.01. The summed E-state index contributed by atoms with van der Waals surface area (Å²) >= 11 is 1.39. The predicted octanol–water partition coefficient (Wildman–Crippen LogP) is 3.13. The number of rotatable bonds is 5. The quantitative estimate of drug-likeness (QED) is 0.923. The van der Waals surface area contributed by atoms with Crippen molar-refractivity contribution in [1.82, 2.24) is 19.9 Å². The van der Waals surface area contributed by atoms with Crippen LogP contribution in [0.3, 0.4) is 0 Å². The zero-order chi connectivity index (χ0) is 15.6. The second-order valence-electron chi connectivity index (χ2n) is 5.82. The fourth-order valence-corrected chi connectivity index (χ4v) is 2.95. The minimum absolute atomic E-state index is 0.121. The summed E-state index contributed by atoms with van der Waals surface area (Å²) in [5, 5.41) is 5.52. The molecule has 2 aromatic rings. The smallest absolute Gasteiger partial charge is 0.280 e. The number of amides is 1. The molecule has 114 valence electrons. The van der Waals surface area contributed by atoms with Crippen molar-refractivity contribution in [2.75, 3.05) is 0 Å². The number of nitrogens with one attached hydrogen (secondary N) is 1. The van der Waals surface area contributed by atoms with Gasteiger partial charge in [0.1, 0.15) is 5.82 Å². The van der Waals surface area contributed by atoms with E-state index in [0.717, 1.165) is 11.5 Å². The molecule has 6 heteroatoms. The predicted molar refractivity (Wildman–Crippen MR) is 84.5 cm³/mol. The summed E-state index contributed by atoms with van der Waals surface area (Å²) in [6, 6.07) is -0.121. The first kappa shape index (κ1) is 15.7. The molecule has 0 saturated carbocycles. The van der Waals surface area contributed by atoms with Crippen LogP contribution in [0.15, 0.2) is 17.8 Å². The van der Waals surface area contributed by atoms with Crippen LogP contribution < -0.4 is 5.32 Å². The molecule has 1 unspecified atom stereocenters. The lowest BCUT2D eigenvalue weighted by molar-refractivity contribution is 0.0922. The first-order valence-electron chi connectivity index (χ1n) is 7.13. The second kappa shape index (κ2) is 6.39. The number of nitrogens with zero attached hydrogens (tertiary/aromatic N) is 3. The standard InChI is InChI=1S/C15H22N4OS/c1-9(2)11-8-21-15(17-11)14(20)18-12(10(3)4)13-16-6-7-19(13)5/h6-10,12H,1-5H3,(H,18,20). The number of hydrogen-bond acceptors (Lipinski definition) is 4. The summed E-state index contributed by atoms with van der Waals surface area (Å²) in [6.07, 6.45) is 3.63. The average Bonchev–Trinajstić information content (AvgIpc) is 3.04. The molecule has 21 heavy (non-hydrogen) atoms. The molecule has 0 aromatic carbocycles. The van der Waals surface area contributed by atoms with Gasteiger partial charge in [-0.2, -0.15) is 0 Å². The Hall–Kier alpha value is -1.69. The molecule has 0 aliphatic carbocycles. The van der Waals surface area contributed by atoms with Gasteiger partial charge in [0.05, 0.1) is 11.7 Å². The maximum atomic E-state index is 12.4. The topological polar surface area (TPSA) is 59.8 Å². The van der Waals surface area contributed by atoms with Crippen LogP contribution in [0.25, 0.3) is 0 Å². The van der Waals surface area contributed by atoms with E-state index in [1.165, 1.54) is 11.3 Å². The zero-order valence-electron chi connectivity index (χ0n) is 13.1. The number of hydrogen-bond donors (Lipinski definition) is 1. The van der Waals surface area contributed by atoms with Gasteiger partial charge in [-0.3, -0.25) is 4.79 Å². The Morgan fingerprint density at radius 2 is 2.05 bits per heavy atom. The highest BCUT2D eigenvalue weighted by Gasteiger charge is 2.24. The number of aryl methyl sites for hydroxylation is 1. The molecule has 1 atom stereocenters. The van der Waals surface area contributed by atoms with Gasteiger partial charge in [0.2, 0.25) is 0 Å². The van der Waals surface area contributed by atoms with Gasteiger partial charge in [-0.05, 0) is 11.8 Å². The summed E-state index contributed by atoms with van der Waals surface area (Å²) in [5.41, 5.74) is 0.961. The van der Waals surface area contributed by atoms with E-state index >= 15 is 0 Å². The molecule has 5 nitrogen and oxygen atoms in total. The Morgan fingerprint density at radius 3 is 2.52 bits per heavy atom. The third kappa shape index (κ3) is 3.50. The van der Waals surface area contributed by atoms with E-state index in [4.69, 9.17) is 0 Å². The SMILES string of the molecule is CC(C)c1csc(C(=O)NC(c2nccn2C)C(C)C)n1. The lowest BCUT2D eigenvalue weighted by atomic mass is 10.0. The Labute approximate surface area is 129 Å². The monoisotopic (exact) mass is 306 g/mol. The maximum Gasteiger partial charge on any atom is 0.280 e. The largest absolute Gasteiger partial charge is 0.340 e. The highest BCUT2D eigenvalue weighted by Crippen LogP contribution is 2.22. The summed E-state index contributed by atoms with van der Waals surface area (Å²) < 4.78 is 1.94. The van der Waals surface area contributed by atoms with Crippen LogP contribution in [-0.4, -0.2) is 20.4 Å². The summed E-state index contributed by atoms with van der Waals surface area (Å²) in [5.74, 6) is 1.31. The van der Waals surface area contributed by atoms with E-state index in [1.54, 1.807) is 6.20 Å². The highest BCUT2D eigenvalue weighted by atomic mass is 32.1. The fourth-order valence-electron chi connectivity index (χ4n) is 2.06. The van der Waals surface area contributed by atoms with Gasteiger partial charge in [0.15, 0.2) is 5.01 Å². The second-order valence-corrected chi connectivity index (χ2v) is 6.68. The minimum atomic E-state index is -0.131. The van der Waals surface area contributed by atoms with E-state index < -0.39 is 0 Å². The summed E-state index contributed by atoms with van der Waals surface area (Å²) in [4.78, 5) is 21.2. The van der Waals surface area contributed by atoms with Gasteiger partial charge >= 0.3 is 0 Å². The Bertz CT molecular complexity index is 615. The van der Waals surface area contributed by atoms with Gasteiger partial charge in [-0.1, -0.05) is 27.7 Å². The summed E-state index contributed by atoms with van der Waals surface area (Å²) in [6.45, 7) is 8.28. The first-order chi connectivity index (χ1) is 9.90. The van der Waals surface area contributed by atoms with E-state index in [2.05, 4.69) is 43.0 Å². The van der Waals surface area contributed by atoms with Crippen LogP contribution in [-0.2, 0) is 7.05 Å². The molecule has 0 spiro atoms. The van der Waals surface area contributed by atoms with Crippen molar-refractivity contribution in [2.45, 2.75) is 39.7 Å². The van der Waals surface area contributed by atoms with Crippen LogP contribution in [0.2, 0.25) is 0 Å². The van der Waals surface area contributed by atoms with Crippen molar-refractivity contribution in [3.8, 4) is 0 Å². The van der Waals surface area contributed by atoms with E-state index in [0.29, 0.717) is 10.9 Å². The number of imidazole rings is 1. The van der Waals surface area contributed by atoms with Gasteiger partial charge < -0.3 is 9.88 Å². The number of carbonyl (C=O) groups is 1. The van der Waals surface area contributed by atoms with Crippen LogP contribution >= 0.6 is 11.3 Å². The van der Waals surface area contributed by atoms with Crippen LogP contribution in [0.4, 0.5) is 0 Å². The van der Waals surface area contributed by atoms with Gasteiger partial charge in [-0.15, -0.1) is 11.3 Å². The lowest BCUT2D eigenvalue weighted by Crippen LogP contribution is -2.33. The Kier molecular flexibility index (Phi) is 4.77. The van der Waals surface area contributed by atoms with Gasteiger partial charge in [0.25, 0.3) is 5.91 Å². The van der Waals surface area contributed by atoms with Crippen molar-refractivity contribution in [1.29, 1.82) is 0 Å². The highest BCUT2D eigenvalue weighted by molar-refractivity contribution is 7.11. The molecular weight excluding hydrogens is 284 g/mol. The third-order valence-electron chi connectivity index (χ3n) is 3.40. The van der Waals surface area contributed by atoms with Crippen LogP contribution in [0.5, 0.6) is 0 Å². The minimum Gasteiger partial charge on any atom is -0.340 e. The fraction of sp³-hybridized carbons (Fsp3) is 0.533. The maximum absolute atomic E-state index is 12.4. The van der Waals surface area contributed by atoms with Crippen molar-refractivity contribution < 1.29 is 4.79 Å². The zero-order valence-corrected chi connectivity index (χ0v) is 13.9. The molecule has 0 bridgehead atoms. The lowest BCUT2D eigenvalue weighted by Gasteiger charge is -2.21. The molecule has 2 heterocycles. The van der Waals surface area contributed by atoms with Gasteiger partial charge in [0, 0.05) is 24.8 Å². The third-order valence-corrected chi connectivity index (χ3v) is 4.26. The van der Waals surface area contributed by atoms with Crippen LogP contribution in [0.1, 0.15) is 61.0 Å². The van der Waals surface area contributed by atoms with Crippen LogP contribution in [0, 0.1) is 5.92 Å². The molecular formula is C15H22N4OS. The Balaban J connectivity index is 2.17. The normalized spacial score (nSPS) is 12.9. The van der Waals surface area contributed by atoms with Crippen molar-refractivity contribution in [3.63, 3.8) is 0 Å². The average molecular weight is 306 g/mol. The molecule has 0 fully saturated rings. The van der Waals surface area contributed by atoms with Crippen molar-refractivity contribution in [2.24, 2.45) is 13.0 Å². The molecule has 2 rings (SSSR count). The van der Waals surface area contributed by atoms with E-state index in [1.807, 2.05) is 23.2 Å².